The minimum atomic E-state index is 1.11. The lowest BCUT2D eigenvalue weighted by atomic mass is 9.81. The first-order valence-corrected chi connectivity index (χ1v) is 20.3. The Labute approximate surface area is 344 Å². The van der Waals surface area contributed by atoms with Gasteiger partial charge in [-0.1, -0.05) is 194 Å². The van der Waals surface area contributed by atoms with E-state index < -0.39 is 0 Å². The van der Waals surface area contributed by atoms with Crippen molar-refractivity contribution < 1.29 is 0 Å². The quantitative estimate of drug-likeness (QED) is 0.147. The number of rotatable bonds is 7. The summed E-state index contributed by atoms with van der Waals surface area (Å²) in [5, 5.41) is 10.0. The summed E-state index contributed by atoms with van der Waals surface area (Å²) >= 11 is 0. The fourth-order valence-electron chi connectivity index (χ4n) is 9.14. The fraction of sp³-hybridized carbons (Fsp3) is 0. The largest absolute Gasteiger partial charge is 0.310 e. The van der Waals surface area contributed by atoms with Gasteiger partial charge in [0.05, 0.1) is 5.69 Å². The second-order valence-electron chi connectivity index (χ2n) is 15.2. The molecule has 0 saturated carbocycles. The molecule has 0 aliphatic rings. The Balaban J connectivity index is 1.14. The highest BCUT2D eigenvalue weighted by molar-refractivity contribution is 6.33. The molecule has 0 radical (unpaired) electrons. The predicted octanol–water partition coefficient (Wildman–Crippen LogP) is 16.4. The number of hydrogen-bond acceptors (Lipinski definition) is 1. The van der Waals surface area contributed by atoms with Crippen LogP contribution >= 0.6 is 0 Å². The Morgan fingerprint density at radius 3 is 1.46 bits per heavy atom. The van der Waals surface area contributed by atoms with Crippen molar-refractivity contribution in [3.05, 3.63) is 237 Å². The SMILES string of the molecule is c1ccc(-c2cc(-c3ccccc3)c3c4ccc(-c5ccc(N(c6ccccc6)c6cccc7ccccc67)cc5)cc4c4ccccc4c3c2-c2ccccc2)cc1. The maximum atomic E-state index is 2.44. The third kappa shape index (κ3) is 6.04. The number of nitrogens with zero attached hydrogens (tertiary/aromatic N) is 1. The third-order valence-corrected chi connectivity index (χ3v) is 11.8. The number of fused-ring (bicyclic) bond motifs is 7. The zero-order valence-electron chi connectivity index (χ0n) is 32.5. The molecule has 0 N–H and O–H groups in total. The Morgan fingerprint density at radius 1 is 0.254 bits per heavy atom. The van der Waals surface area contributed by atoms with Crippen molar-refractivity contribution >= 4 is 60.2 Å². The van der Waals surface area contributed by atoms with Gasteiger partial charge in [-0.3, -0.25) is 0 Å². The second-order valence-corrected chi connectivity index (χ2v) is 15.2. The Kier molecular flexibility index (Phi) is 8.56. The highest BCUT2D eigenvalue weighted by Crippen LogP contribution is 2.49. The second kappa shape index (κ2) is 14.6. The maximum absolute atomic E-state index is 2.44. The predicted molar refractivity (Wildman–Crippen MR) is 253 cm³/mol. The van der Waals surface area contributed by atoms with Crippen molar-refractivity contribution in [1.82, 2.24) is 0 Å². The molecule has 0 fully saturated rings. The number of anilines is 3. The zero-order chi connectivity index (χ0) is 39.1. The van der Waals surface area contributed by atoms with Crippen molar-refractivity contribution in [2.45, 2.75) is 0 Å². The molecule has 0 amide bonds. The van der Waals surface area contributed by atoms with E-state index in [0.29, 0.717) is 0 Å². The van der Waals surface area contributed by atoms with Crippen LogP contribution in [0.2, 0.25) is 0 Å². The van der Waals surface area contributed by atoms with Crippen LogP contribution in [0.3, 0.4) is 0 Å². The third-order valence-electron chi connectivity index (χ3n) is 11.8. The average molecular weight is 750 g/mol. The fourth-order valence-corrected chi connectivity index (χ4v) is 9.14. The lowest BCUT2D eigenvalue weighted by molar-refractivity contribution is 1.30. The van der Waals surface area contributed by atoms with Crippen LogP contribution in [0.15, 0.2) is 237 Å². The smallest absolute Gasteiger partial charge is 0.0540 e. The molecule has 59 heavy (non-hydrogen) atoms. The number of benzene rings is 11. The van der Waals surface area contributed by atoms with E-state index in [1.807, 2.05) is 0 Å². The molecule has 1 nitrogen and oxygen atoms in total. The van der Waals surface area contributed by atoms with E-state index in [1.54, 1.807) is 0 Å². The van der Waals surface area contributed by atoms with Crippen molar-refractivity contribution in [2.24, 2.45) is 0 Å². The summed E-state index contributed by atoms with van der Waals surface area (Å²) in [5.74, 6) is 0. The van der Waals surface area contributed by atoms with Gasteiger partial charge in [0.25, 0.3) is 0 Å². The van der Waals surface area contributed by atoms with E-state index in [9.17, 15) is 0 Å². The maximum Gasteiger partial charge on any atom is 0.0540 e. The number of hydrogen-bond donors (Lipinski definition) is 0. The van der Waals surface area contributed by atoms with Gasteiger partial charge in [0, 0.05) is 16.8 Å². The van der Waals surface area contributed by atoms with E-state index in [4.69, 9.17) is 0 Å². The van der Waals surface area contributed by atoms with Gasteiger partial charge in [0.1, 0.15) is 0 Å². The Morgan fingerprint density at radius 2 is 0.763 bits per heavy atom. The van der Waals surface area contributed by atoms with Crippen LogP contribution in [0.4, 0.5) is 17.1 Å². The summed E-state index contributed by atoms with van der Waals surface area (Å²) in [6, 6.07) is 86.2. The minimum Gasteiger partial charge on any atom is -0.310 e. The van der Waals surface area contributed by atoms with Crippen molar-refractivity contribution in [2.75, 3.05) is 4.90 Å². The van der Waals surface area contributed by atoms with E-state index in [0.717, 1.165) is 17.1 Å². The molecule has 0 aliphatic carbocycles. The van der Waals surface area contributed by atoms with Crippen LogP contribution in [-0.2, 0) is 0 Å². The zero-order valence-corrected chi connectivity index (χ0v) is 32.5. The van der Waals surface area contributed by atoms with Gasteiger partial charge in [0.2, 0.25) is 0 Å². The van der Waals surface area contributed by atoms with E-state index in [-0.39, 0.29) is 0 Å². The molecular weight excluding hydrogens is 711 g/mol. The average Bonchev–Trinajstić information content (AvgIpc) is 3.32. The summed E-state index contributed by atoms with van der Waals surface area (Å²) in [5.41, 5.74) is 13.1. The van der Waals surface area contributed by atoms with Gasteiger partial charge < -0.3 is 4.90 Å². The highest BCUT2D eigenvalue weighted by atomic mass is 15.1. The summed E-state index contributed by atoms with van der Waals surface area (Å²) in [4.78, 5) is 2.37. The molecule has 0 saturated heterocycles. The Bertz CT molecular complexity index is 3280. The van der Waals surface area contributed by atoms with Gasteiger partial charge in [-0.2, -0.15) is 0 Å². The lowest BCUT2D eigenvalue weighted by Gasteiger charge is -2.27. The first-order valence-electron chi connectivity index (χ1n) is 20.3. The van der Waals surface area contributed by atoms with E-state index >= 15 is 0 Å². The molecule has 0 aliphatic heterocycles. The molecule has 1 heteroatoms. The van der Waals surface area contributed by atoms with Gasteiger partial charge in [-0.25, -0.2) is 0 Å². The molecule has 0 unspecified atom stereocenters. The van der Waals surface area contributed by atoms with Crippen LogP contribution in [0.1, 0.15) is 0 Å². The highest BCUT2D eigenvalue weighted by Gasteiger charge is 2.22. The molecule has 0 aromatic heterocycles. The van der Waals surface area contributed by atoms with Crippen molar-refractivity contribution in [3.63, 3.8) is 0 Å². The van der Waals surface area contributed by atoms with Crippen molar-refractivity contribution in [1.29, 1.82) is 0 Å². The van der Waals surface area contributed by atoms with Crippen LogP contribution in [0.5, 0.6) is 0 Å². The van der Waals surface area contributed by atoms with Crippen LogP contribution in [0.25, 0.3) is 87.6 Å². The molecule has 11 aromatic carbocycles. The van der Waals surface area contributed by atoms with E-state index in [1.165, 1.54) is 87.6 Å². The number of para-hydroxylation sites is 1. The standard InChI is InChI=1S/C58H39N/c1-5-18-42(19-6-1)52-39-53(43-20-7-2-8-21-43)57-51-37-34-45(38-54(51)49-29-15-16-30-50(49)58(57)56(52)44-23-9-3-10-24-44)40-32-35-47(36-33-40)59(46-26-11-4-12-27-46)55-31-17-25-41-22-13-14-28-48(41)55/h1-39H. The topological polar surface area (TPSA) is 3.24 Å². The summed E-state index contributed by atoms with van der Waals surface area (Å²) in [6.45, 7) is 0. The normalized spacial score (nSPS) is 11.4. The first-order chi connectivity index (χ1) is 29.3. The van der Waals surface area contributed by atoms with Crippen molar-refractivity contribution in [3.8, 4) is 44.5 Å². The minimum absolute atomic E-state index is 1.11. The van der Waals surface area contributed by atoms with Gasteiger partial charge >= 0.3 is 0 Å². The van der Waals surface area contributed by atoms with Crippen LogP contribution in [0, 0.1) is 0 Å². The summed E-state index contributed by atoms with van der Waals surface area (Å²) < 4.78 is 0. The van der Waals surface area contributed by atoms with E-state index in [2.05, 4.69) is 241 Å². The van der Waals surface area contributed by atoms with Gasteiger partial charge in [-0.05, 0) is 125 Å². The monoisotopic (exact) mass is 749 g/mol. The molecule has 11 rings (SSSR count). The molecule has 0 spiro atoms. The van der Waals surface area contributed by atoms with Crippen LogP contribution in [-0.4, -0.2) is 0 Å². The Hall–Kier alpha value is -7.74. The molecule has 11 aromatic rings. The lowest BCUT2D eigenvalue weighted by Crippen LogP contribution is -2.10. The summed E-state index contributed by atoms with van der Waals surface area (Å²) in [6.07, 6.45) is 0. The molecule has 0 atom stereocenters. The first kappa shape index (κ1) is 34.5. The van der Waals surface area contributed by atoms with Gasteiger partial charge in [-0.15, -0.1) is 0 Å². The molecule has 0 bridgehead atoms. The summed E-state index contributed by atoms with van der Waals surface area (Å²) in [7, 11) is 0. The molecule has 0 heterocycles. The molecular formula is C58H39N. The van der Waals surface area contributed by atoms with Gasteiger partial charge in [0.15, 0.2) is 0 Å². The van der Waals surface area contributed by atoms with Crippen LogP contribution < -0.4 is 4.90 Å². The molecule has 276 valence electrons.